The van der Waals surface area contributed by atoms with Gasteiger partial charge in [0.25, 0.3) is 0 Å². The highest BCUT2D eigenvalue weighted by Crippen LogP contribution is 2.35. The largest absolute Gasteiger partial charge is 0.495 e. The van der Waals surface area contributed by atoms with E-state index in [2.05, 4.69) is 0 Å². The minimum absolute atomic E-state index is 0.0106. The number of benzene rings is 1. The van der Waals surface area contributed by atoms with E-state index in [0.717, 1.165) is 0 Å². The molecule has 1 fully saturated rings. The molecule has 0 saturated carbocycles. The first-order valence-corrected chi connectivity index (χ1v) is 6.99. The number of nitrogens with zero attached hydrogens (tertiary/aromatic N) is 2. The van der Waals surface area contributed by atoms with Crippen molar-refractivity contribution in [3.05, 3.63) is 23.8 Å². The smallest absolute Gasteiger partial charge is 0.228 e. The minimum Gasteiger partial charge on any atom is -0.495 e. The Balaban J connectivity index is 2.26. The zero-order valence-electron chi connectivity index (χ0n) is 11.3. The molecule has 0 aromatic heterocycles. The lowest BCUT2D eigenvalue weighted by Gasteiger charge is -2.19. The Morgan fingerprint density at radius 2 is 2.30 bits per heavy atom. The molecule has 1 saturated heterocycles. The average molecular weight is 290 g/mol. The third kappa shape index (κ3) is 2.94. The molecular formula is C14H14N2O3S. The molecule has 0 bridgehead atoms. The van der Waals surface area contributed by atoms with E-state index in [-0.39, 0.29) is 16.3 Å². The van der Waals surface area contributed by atoms with Crippen molar-refractivity contribution in [1.29, 1.82) is 5.26 Å². The van der Waals surface area contributed by atoms with Crippen LogP contribution in [0.15, 0.2) is 18.2 Å². The van der Waals surface area contributed by atoms with Gasteiger partial charge < -0.3 is 9.64 Å². The van der Waals surface area contributed by atoms with E-state index in [1.165, 1.54) is 25.8 Å². The first-order chi connectivity index (χ1) is 9.55. The summed E-state index contributed by atoms with van der Waals surface area (Å²) in [4.78, 5) is 24.8. The fraction of sp³-hybridized carbons (Fsp3) is 0.357. The summed E-state index contributed by atoms with van der Waals surface area (Å²) < 4.78 is 5.25. The van der Waals surface area contributed by atoms with Gasteiger partial charge in [-0.1, -0.05) is 11.8 Å². The van der Waals surface area contributed by atoms with Gasteiger partial charge in [0, 0.05) is 31.2 Å². The fourth-order valence-electron chi connectivity index (χ4n) is 2.19. The van der Waals surface area contributed by atoms with Crippen molar-refractivity contribution in [1.82, 2.24) is 0 Å². The standard InChI is InChI=1S/C14H14N2O3S/c1-9(17)20-11-6-14(18)16(8-11)12-4-3-10(7-15)5-13(12)19-2/h3-5,11H,6,8H2,1-2H3. The van der Waals surface area contributed by atoms with Crippen LogP contribution in [-0.2, 0) is 9.59 Å². The molecule has 1 unspecified atom stereocenters. The maximum atomic E-state index is 12.1. The molecule has 5 nitrogen and oxygen atoms in total. The number of ether oxygens (including phenoxy) is 1. The maximum Gasteiger partial charge on any atom is 0.228 e. The summed E-state index contributed by atoms with van der Waals surface area (Å²) in [6, 6.07) is 6.99. The van der Waals surface area contributed by atoms with Gasteiger partial charge >= 0.3 is 0 Å². The molecule has 2 rings (SSSR count). The van der Waals surface area contributed by atoms with E-state index < -0.39 is 0 Å². The molecule has 1 aliphatic heterocycles. The first-order valence-electron chi connectivity index (χ1n) is 6.11. The second-order valence-corrected chi connectivity index (χ2v) is 5.92. The molecule has 6 heteroatoms. The molecule has 104 valence electrons. The normalized spacial score (nSPS) is 17.9. The van der Waals surface area contributed by atoms with Crippen LogP contribution in [0.25, 0.3) is 0 Å². The third-order valence-corrected chi connectivity index (χ3v) is 4.00. The number of anilines is 1. The second kappa shape index (κ2) is 5.97. The highest BCUT2D eigenvalue weighted by atomic mass is 32.2. The van der Waals surface area contributed by atoms with Crippen LogP contribution in [0.1, 0.15) is 18.9 Å². The molecule has 0 radical (unpaired) electrons. The zero-order valence-corrected chi connectivity index (χ0v) is 12.1. The van der Waals surface area contributed by atoms with Gasteiger partial charge in [0.05, 0.1) is 24.4 Å². The van der Waals surface area contributed by atoms with Crippen molar-refractivity contribution in [2.24, 2.45) is 0 Å². The van der Waals surface area contributed by atoms with E-state index >= 15 is 0 Å². The van der Waals surface area contributed by atoms with Crippen molar-refractivity contribution < 1.29 is 14.3 Å². The zero-order chi connectivity index (χ0) is 14.7. The molecule has 1 aliphatic rings. The van der Waals surface area contributed by atoms with Crippen molar-refractivity contribution >= 4 is 28.5 Å². The lowest BCUT2D eigenvalue weighted by molar-refractivity contribution is -0.117. The predicted molar refractivity (Wildman–Crippen MR) is 76.7 cm³/mol. The average Bonchev–Trinajstić information content (AvgIpc) is 2.77. The minimum atomic E-state index is -0.0354. The van der Waals surface area contributed by atoms with Gasteiger partial charge in [0.2, 0.25) is 5.91 Å². The molecule has 0 N–H and O–H groups in total. The van der Waals surface area contributed by atoms with Crippen LogP contribution in [-0.4, -0.2) is 29.9 Å². The number of thioether (sulfide) groups is 1. The first kappa shape index (κ1) is 14.4. The maximum absolute atomic E-state index is 12.1. The van der Waals surface area contributed by atoms with Crippen LogP contribution in [0.3, 0.4) is 0 Å². The lowest BCUT2D eigenvalue weighted by Crippen LogP contribution is -2.25. The van der Waals surface area contributed by atoms with E-state index in [0.29, 0.717) is 30.0 Å². The van der Waals surface area contributed by atoms with Gasteiger partial charge in [-0.15, -0.1) is 0 Å². The van der Waals surface area contributed by atoms with Crippen molar-refractivity contribution in [2.75, 3.05) is 18.6 Å². The number of nitriles is 1. The highest BCUT2D eigenvalue weighted by molar-refractivity contribution is 8.14. The summed E-state index contributed by atoms with van der Waals surface area (Å²) in [6.45, 7) is 1.98. The number of hydrogen-bond acceptors (Lipinski definition) is 5. The summed E-state index contributed by atoms with van der Waals surface area (Å²) in [7, 11) is 1.50. The van der Waals surface area contributed by atoms with Crippen LogP contribution in [0.5, 0.6) is 5.75 Å². The summed E-state index contributed by atoms with van der Waals surface area (Å²) in [6.07, 6.45) is 0.341. The van der Waals surface area contributed by atoms with Crippen LogP contribution in [0.4, 0.5) is 5.69 Å². The number of rotatable bonds is 3. The van der Waals surface area contributed by atoms with Crippen LogP contribution in [0.2, 0.25) is 0 Å². The van der Waals surface area contributed by atoms with Gasteiger partial charge in [-0.05, 0) is 12.1 Å². The summed E-state index contributed by atoms with van der Waals surface area (Å²) in [5, 5.41) is 8.86. The Morgan fingerprint density at radius 1 is 1.55 bits per heavy atom. The van der Waals surface area contributed by atoms with Gasteiger partial charge in [-0.3, -0.25) is 9.59 Å². The van der Waals surface area contributed by atoms with Gasteiger partial charge in [0.1, 0.15) is 5.75 Å². The highest BCUT2D eigenvalue weighted by Gasteiger charge is 2.33. The molecule has 0 spiro atoms. The molecule has 1 atom stereocenters. The van der Waals surface area contributed by atoms with Gasteiger partial charge in [-0.2, -0.15) is 5.26 Å². The lowest BCUT2D eigenvalue weighted by atomic mass is 10.2. The fourth-order valence-corrected chi connectivity index (χ4v) is 3.11. The Morgan fingerprint density at radius 3 is 2.90 bits per heavy atom. The molecule has 1 aromatic rings. The molecule has 1 aromatic carbocycles. The SMILES string of the molecule is COc1cc(C#N)ccc1N1CC(SC(C)=O)CC1=O. The summed E-state index contributed by atoms with van der Waals surface area (Å²) in [5.41, 5.74) is 1.12. The van der Waals surface area contributed by atoms with Crippen molar-refractivity contribution in [3.63, 3.8) is 0 Å². The van der Waals surface area contributed by atoms with E-state index in [1.54, 1.807) is 23.1 Å². The Labute approximate surface area is 121 Å². The predicted octanol–water partition coefficient (Wildman–Crippen LogP) is 1.95. The Kier molecular flexibility index (Phi) is 4.30. The van der Waals surface area contributed by atoms with Gasteiger partial charge in [0.15, 0.2) is 5.12 Å². The summed E-state index contributed by atoms with van der Waals surface area (Å²) in [5.74, 6) is 0.456. The Hall–Kier alpha value is -2.00. The van der Waals surface area contributed by atoms with Gasteiger partial charge in [-0.25, -0.2) is 0 Å². The third-order valence-electron chi connectivity index (χ3n) is 3.02. The summed E-state index contributed by atoms with van der Waals surface area (Å²) >= 11 is 1.19. The number of carbonyl (C=O) groups is 2. The van der Waals surface area contributed by atoms with E-state index in [1.807, 2.05) is 6.07 Å². The number of carbonyl (C=O) groups excluding carboxylic acids is 2. The van der Waals surface area contributed by atoms with Crippen LogP contribution >= 0.6 is 11.8 Å². The second-order valence-electron chi connectivity index (χ2n) is 4.44. The van der Waals surface area contributed by atoms with Crippen molar-refractivity contribution in [2.45, 2.75) is 18.6 Å². The van der Waals surface area contributed by atoms with E-state index in [9.17, 15) is 9.59 Å². The quantitative estimate of drug-likeness (QED) is 0.851. The molecule has 20 heavy (non-hydrogen) atoms. The van der Waals surface area contributed by atoms with Crippen molar-refractivity contribution in [3.8, 4) is 11.8 Å². The molecule has 1 heterocycles. The monoisotopic (exact) mass is 290 g/mol. The topological polar surface area (TPSA) is 70.4 Å². The molecular weight excluding hydrogens is 276 g/mol. The van der Waals surface area contributed by atoms with Crippen LogP contribution < -0.4 is 9.64 Å². The number of hydrogen-bond donors (Lipinski definition) is 0. The molecule has 0 aliphatic carbocycles. The Bertz CT molecular complexity index is 595. The molecule has 1 amide bonds. The number of amides is 1. The van der Waals surface area contributed by atoms with E-state index in [4.69, 9.17) is 10.00 Å². The number of methoxy groups -OCH3 is 1. The van der Waals surface area contributed by atoms with Crippen LogP contribution in [0, 0.1) is 11.3 Å².